The summed E-state index contributed by atoms with van der Waals surface area (Å²) in [5.74, 6) is 1.10. The van der Waals surface area contributed by atoms with Crippen molar-refractivity contribution in [2.45, 2.75) is 6.42 Å². The third kappa shape index (κ3) is 7.19. The molecule has 176 valence electrons. The van der Waals surface area contributed by atoms with Crippen molar-refractivity contribution in [1.29, 1.82) is 5.41 Å². The molecule has 10 nitrogen and oxygen atoms in total. The van der Waals surface area contributed by atoms with E-state index in [-0.39, 0.29) is 5.84 Å². The number of amidine groups is 1. The molecule has 0 aromatic heterocycles. The molecule has 0 aromatic rings. The van der Waals surface area contributed by atoms with E-state index in [4.69, 9.17) is 26.4 Å². The summed E-state index contributed by atoms with van der Waals surface area (Å²) in [4.78, 5) is 11.3. The van der Waals surface area contributed by atoms with E-state index >= 15 is 0 Å². The fourth-order valence-corrected chi connectivity index (χ4v) is 3.39. The number of hydrogen-bond acceptors (Lipinski definition) is 9. The highest BCUT2D eigenvalue weighted by atomic mass is 16.5. The maximum atomic E-state index is 7.27. The Kier molecular flexibility index (Phi) is 9.04. The van der Waals surface area contributed by atoms with E-state index in [1.807, 2.05) is 30.6 Å². The average Bonchev–Trinajstić information content (AvgIpc) is 2.85. The van der Waals surface area contributed by atoms with Crippen molar-refractivity contribution in [2.24, 2.45) is 21.5 Å². The van der Waals surface area contributed by atoms with Gasteiger partial charge in [-0.2, -0.15) is 0 Å². The molecule has 3 aliphatic heterocycles. The van der Waals surface area contributed by atoms with Crippen molar-refractivity contribution >= 4 is 18.3 Å². The fraction of sp³-hybridized carbons (Fsp3) is 0.348. The van der Waals surface area contributed by atoms with Crippen LogP contribution in [0, 0.1) is 5.41 Å². The number of fused-ring (bicyclic) bond motifs is 1. The van der Waals surface area contributed by atoms with Gasteiger partial charge in [0.25, 0.3) is 0 Å². The van der Waals surface area contributed by atoms with Crippen LogP contribution in [0.1, 0.15) is 6.42 Å². The molecule has 7 N–H and O–H groups in total. The van der Waals surface area contributed by atoms with E-state index in [9.17, 15) is 0 Å². The molecule has 0 radical (unpaired) electrons. The standard InChI is InChI=1S/C23H32N8O2/c1-32-19(14-25)12-22(26)30-23-4-3-20-21(29-23)11-17(16-28-20)18(13-24)15-27-5-2-6-31-7-9-33-10-8-31/h3-4,11-16,25,28-29H,2,5-10,24H2,1H3,(H2,26,30). The zero-order chi connectivity index (χ0) is 23.5. The third-order valence-corrected chi connectivity index (χ3v) is 5.17. The highest BCUT2D eigenvalue weighted by molar-refractivity contribution is 5.96. The van der Waals surface area contributed by atoms with Gasteiger partial charge in [0.2, 0.25) is 0 Å². The van der Waals surface area contributed by atoms with E-state index in [0.717, 1.165) is 74.6 Å². The molecule has 3 heterocycles. The first-order valence-corrected chi connectivity index (χ1v) is 10.8. The molecule has 0 saturated carbocycles. The second kappa shape index (κ2) is 12.4. The molecule has 10 heteroatoms. The van der Waals surface area contributed by atoms with E-state index in [2.05, 4.69) is 25.5 Å². The molecule has 0 aliphatic carbocycles. The van der Waals surface area contributed by atoms with Crippen LogP contribution in [0.15, 0.2) is 80.8 Å². The monoisotopic (exact) mass is 452 g/mol. The minimum Gasteiger partial charge on any atom is -0.495 e. The zero-order valence-electron chi connectivity index (χ0n) is 18.9. The Morgan fingerprint density at radius 2 is 2.12 bits per heavy atom. The van der Waals surface area contributed by atoms with Crippen molar-refractivity contribution in [3.63, 3.8) is 0 Å². The molecular weight excluding hydrogens is 420 g/mol. The number of morpholine rings is 1. The summed E-state index contributed by atoms with van der Waals surface area (Å²) in [7, 11) is 1.47. The molecule has 0 bridgehead atoms. The van der Waals surface area contributed by atoms with Gasteiger partial charge < -0.3 is 37.0 Å². The summed E-state index contributed by atoms with van der Waals surface area (Å²) in [5, 5.41) is 13.8. The highest BCUT2D eigenvalue weighted by Crippen LogP contribution is 2.22. The molecular formula is C23H32N8O2. The molecule has 3 aliphatic rings. The van der Waals surface area contributed by atoms with Crippen molar-refractivity contribution in [3.8, 4) is 0 Å². The number of aliphatic imine (C=N–C) groups is 2. The molecule has 0 aromatic carbocycles. The Labute approximate surface area is 194 Å². The smallest absolute Gasteiger partial charge is 0.140 e. The Bertz CT molecular complexity index is 963. The average molecular weight is 453 g/mol. The summed E-state index contributed by atoms with van der Waals surface area (Å²) >= 11 is 0. The van der Waals surface area contributed by atoms with E-state index in [1.165, 1.54) is 13.2 Å². The van der Waals surface area contributed by atoms with Gasteiger partial charge in [-0.05, 0) is 24.6 Å². The molecule has 3 rings (SSSR count). The van der Waals surface area contributed by atoms with E-state index in [0.29, 0.717) is 11.6 Å². The summed E-state index contributed by atoms with van der Waals surface area (Å²) in [6.45, 7) is 5.37. The lowest BCUT2D eigenvalue weighted by Gasteiger charge is -2.26. The summed E-state index contributed by atoms with van der Waals surface area (Å²) < 4.78 is 10.4. The first-order chi connectivity index (χ1) is 16.1. The highest BCUT2D eigenvalue weighted by Gasteiger charge is 2.16. The Balaban J connectivity index is 1.58. The lowest BCUT2D eigenvalue weighted by molar-refractivity contribution is 0.0377. The van der Waals surface area contributed by atoms with Crippen LogP contribution in [0.2, 0.25) is 0 Å². The number of nitrogens with zero attached hydrogens (tertiary/aromatic N) is 3. The van der Waals surface area contributed by atoms with Gasteiger partial charge in [-0.25, -0.2) is 4.99 Å². The number of ether oxygens (including phenoxy) is 2. The van der Waals surface area contributed by atoms with Gasteiger partial charge in [-0.1, -0.05) is 0 Å². The Morgan fingerprint density at radius 3 is 2.85 bits per heavy atom. The van der Waals surface area contributed by atoms with Crippen molar-refractivity contribution in [2.75, 3.05) is 46.5 Å². The number of nitrogens with one attached hydrogen (secondary N) is 3. The van der Waals surface area contributed by atoms with Gasteiger partial charge >= 0.3 is 0 Å². The second-order valence-corrected chi connectivity index (χ2v) is 7.46. The van der Waals surface area contributed by atoms with Crippen LogP contribution in [0.3, 0.4) is 0 Å². The van der Waals surface area contributed by atoms with Gasteiger partial charge in [-0.3, -0.25) is 9.89 Å². The van der Waals surface area contributed by atoms with E-state index in [1.54, 1.807) is 6.20 Å². The molecule has 33 heavy (non-hydrogen) atoms. The normalized spacial score (nSPS) is 20.1. The van der Waals surface area contributed by atoms with E-state index < -0.39 is 0 Å². The Hall–Kier alpha value is -3.63. The number of dihydropyridines is 2. The number of allylic oxidation sites excluding steroid dienone is 6. The number of hydrogen-bond donors (Lipinski definition) is 5. The number of methoxy groups -OCH3 is 1. The first kappa shape index (κ1) is 24.0. The molecule has 1 fully saturated rings. The lowest BCUT2D eigenvalue weighted by atomic mass is 10.0. The van der Waals surface area contributed by atoms with Gasteiger partial charge in [0.1, 0.15) is 17.4 Å². The van der Waals surface area contributed by atoms with Crippen LogP contribution in [-0.4, -0.2) is 69.7 Å². The van der Waals surface area contributed by atoms with Crippen LogP contribution in [0.4, 0.5) is 0 Å². The Morgan fingerprint density at radius 1 is 1.30 bits per heavy atom. The van der Waals surface area contributed by atoms with Crippen molar-refractivity contribution in [1.82, 2.24) is 15.5 Å². The van der Waals surface area contributed by atoms with Crippen LogP contribution >= 0.6 is 0 Å². The van der Waals surface area contributed by atoms with Gasteiger partial charge in [0, 0.05) is 62.0 Å². The summed E-state index contributed by atoms with van der Waals surface area (Å²) in [5.41, 5.74) is 15.3. The van der Waals surface area contributed by atoms with Crippen LogP contribution < -0.4 is 22.1 Å². The van der Waals surface area contributed by atoms with Crippen LogP contribution in [-0.2, 0) is 9.47 Å². The minimum absolute atomic E-state index is 0.220. The minimum atomic E-state index is 0.220. The summed E-state index contributed by atoms with van der Waals surface area (Å²) in [6.07, 6.45) is 14.5. The largest absolute Gasteiger partial charge is 0.495 e. The SMILES string of the molecule is COC(C=N)=CC(N)=NC1=CC=C2NC=C(C(C=NCCCN3CCOCC3)=CN)C=C2N1. The van der Waals surface area contributed by atoms with Crippen LogP contribution in [0.25, 0.3) is 0 Å². The predicted octanol–water partition coefficient (Wildman–Crippen LogP) is 0.859. The molecule has 1 saturated heterocycles. The molecule has 0 atom stereocenters. The maximum absolute atomic E-state index is 7.27. The van der Waals surface area contributed by atoms with Gasteiger partial charge in [0.15, 0.2) is 0 Å². The maximum Gasteiger partial charge on any atom is 0.140 e. The quantitative estimate of drug-likeness (QED) is 0.143. The predicted molar refractivity (Wildman–Crippen MR) is 132 cm³/mol. The number of nitrogens with two attached hydrogens (primary N) is 2. The van der Waals surface area contributed by atoms with Crippen molar-refractivity contribution in [3.05, 3.63) is 70.8 Å². The zero-order valence-corrected chi connectivity index (χ0v) is 18.9. The lowest BCUT2D eigenvalue weighted by Crippen LogP contribution is -2.37. The second-order valence-electron chi connectivity index (χ2n) is 7.46. The van der Waals surface area contributed by atoms with Crippen molar-refractivity contribution < 1.29 is 9.47 Å². The fourth-order valence-electron chi connectivity index (χ4n) is 3.39. The molecule has 0 amide bonds. The van der Waals surface area contributed by atoms with Gasteiger partial charge in [0.05, 0.1) is 37.9 Å². The van der Waals surface area contributed by atoms with Crippen LogP contribution in [0.5, 0.6) is 0 Å². The molecule has 0 spiro atoms. The summed E-state index contributed by atoms with van der Waals surface area (Å²) in [6, 6.07) is 0. The third-order valence-electron chi connectivity index (χ3n) is 5.17. The molecule has 0 unspecified atom stereocenters. The topological polar surface area (TPSA) is 146 Å². The number of rotatable bonds is 10. The first-order valence-electron chi connectivity index (χ1n) is 10.8. The van der Waals surface area contributed by atoms with Gasteiger partial charge in [-0.15, -0.1) is 0 Å².